The van der Waals surface area contributed by atoms with Crippen LogP contribution < -0.4 is 5.32 Å². The van der Waals surface area contributed by atoms with Crippen molar-refractivity contribution in [2.45, 2.75) is 31.0 Å². The molecule has 0 aliphatic heterocycles. The van der Waals surface area contributed by atoms with Crippen molar-refractivity contribution in [2.24, 2.45) is 7.05 Å². The molecular formula is C10H18N4O2S. The maximum absolute atomic E-state index is 11.0. The van der Waals surface area contributed by atoms with Gasteiger partial charge in [0.05, 0.1) is 0 Å². The summed E-state index contributed by atoms with van der Waals surface area (Å²) in [5.74, 6) is -0.0859. The Morgan fingerprint density at radius 2 is 2.47 bits per heavy atom. The fourth-order valence-electron chi connectivity index (χ4n) is 1.30. The molecule has 96 valence electrons. The third kappa shape index (κ3) is 4.74. The number of aryl methyl sites for hydroxylation is 1. The molecule has 1 unspecified atom stereocenters. The van der Waals surface area contributed by atoms with Gasteiger partial charge < -0.3 is 15.0 Å². The Hall–Kier alpha value is -1.08. The van der Waals surface area contributed by atoms with Gasteiger partial charge in [-0.2, -0.15) is 0 Å². The van der Waals surface area contributed by atoms with Gasteiger partial charge >= 0.3 is 5.97 Å². The van der Waals surface area contributed by atoms with E-state index in [9.17, 15) is 4.79 Å². The lowest BCUT2D eigenvalue weighted by molar-refractivity contribution is -0.139. The Labute approximate surface area is 105 Å². The van der Waals surface area contributed by atoms with E-state index in [0.717, 1.165) is 18.1 Å². The van der Waals surface area contributed by atoms with Gasteiger partial charge in [-0.3, -0.25) is 4.79 Å². The fourth-order valence-corrected chi connectivity index (χ4v) is 2.19. The van der Waals surface area contributed by atoms with E-state index in [1.165, 1.54) is 11.8 Å². The molecule has 0 saturated carbocycles. The molecular weight excluding hydrogens is 240 g/mol. The van der Waals surface area contributed by atoms with Crippen LogP contribution in [0, 0.1) is 0 Å². The molecule has 1 atom stereocenters. The second-order valence-corrected chi connectivity index (χ2v) is 4.77. The fraction of sp³-hybridized carbons (Fsp3) is 0.700. The van der Waals surface area contributed by atoms with Gasteiger partial charge in [0, 0.05) is 12.8 Å². The van der Waals surface area contributed by atoms with E-state index >= 15 is 0 Å². The minimum atomic E-state index is -0.794. The number of carboxylic acids is 1. The van der Waals surface area contributed by atoms with Gasteiger partial charge in [0.2, 0.25) is 0 Å². The van der Waals surface area contributed by atoms with E-state index in [1.54, 1.807) is 6.33 Å². The third-order valence-corrected chi connectivity index (χ3v) is 3.31. The third-order valence-electron chi connectivity index (χ3n) is 2.25. The van der Waals surface area contributed by atoms with E-state index in [0.29, 0.717) is 12.2 Å². The van der Waals surface area contributed by atoms with Crippen LogP contribution in [0.1, 0.15) is 19.8 Å². The second kappa shape index (κ2) is 7.29. The van der Waals surface area contributed by atoms with Gasteiger partial charge in [0.25, 0.3) is 0 Å². The minimum absolute atomic E-state index is 0.476. The molecule has 0 aliphatic carbocycles. The summed E-state index contributed by atoms with van der Waals surface area (Å²) in [7, 11) is 1.87. The lowest BCUT2D eigenvalue weighted by Crippen LogP contribution is -2.37. The van der Waals surface area contributed by atoms with E-state index < -0.39 is 12.0 Å². The number of thioether (sulfide) groups is 1. The quantitative estimate of drug-likeness (QED) is 0.670. The number of nitrogens with one attached hydrogen (secondary N) is 1. The number of hydrogen-bond donors (Lipinski definition) is 2. The monoisotopic (exact) mass is 258 g/mol. The van der Waals surface area contributed by atoms with Gasteiger partial charge in [-0.1, -0.05) is 18.7 Å². The Kier molecular flexibility index (Phi) is 5.99. The Bertz CT molecular complexity index is 356. The smallest absolute Gasteiger partial charge is 0.320 e. The zero-order chi connectivity index (χ0) is 12.7. The normalized spacial score (nSPS) is 12.6. The molecule has 0 fully saturated rings. The van der Waals surface area contributed by atoms with Crippen LogP contribution in [0.3, 0.4) is 0 Å². The molecule has 1 rings (SSSR count). The first-order valence-electron chi connectivity index (χ1n) is 5.58. The molecule has 17 heavy (non-hydrogen) atoms. The highest BCUT2D eigenvalue weighted by Gasteiger charge is 2.16. The number of rotatable bonds is 8. The standard InChI is InChI=1S/C10H18N4O2S/c1-3-5-11-8(9(15)16)4-6-17-10-13-12-7-14(10)2/h7-8,11H,3-6H2,1-2H3,(H,15,16). The molecule has 0 radical (unpaired) electrons. The summed E-state index contributed by atoms with van der Waals surface area (Å²) in [6.45, 7) is 2.74. The first-order valence-corrected chi connectivity index (χ1v) is 6.56. The molecule has 0 bridgehead atoms. The van der Waals surface area contributed by atoms with Crippen LogP contribution in [0.15, 0.2) is 11.5 Å². The molecule has 0 aromatic carbocycles. The predicted octanol–water partition coefficient (Wildman–Crippen LogP) is 0.750. The predicted molar refractivity (Wildman–Crippen MR) is 66.1 cm³/mol. The average Bonchev–Trinajstić information content (AvgIpc) is 2.69. The van der Waals surface area contributed by atoms with E-state index in [1.807, 2.05) is 18.5 Å². The summed E-state index contributed by atoms with van der Waals surface area (Å²) in [5, 5.41) is 20.5. The van der Waals surface area contributed by atoms with Crippen molar-refractivity contribution in [1.29, 1.82) is 0 Å². The number of nitrogens with zero attached hydrogens (tertiary/aromatic N) is 3. The number of aliphatic carboxylic acids is 1. The van der Waals surface area contributed by atoms with Crippen molar-refractivity contribution in [1.82, 2.24) is 20.1 Å². The maximum Gasteiger partial charge on any atom is 0.320 e. The largest absolute Gasteiger partial charge is 0.480 e. The number of aromatic nitrogens is 3. The lowest BCUT2D eigenvalue weighted by atomic mass is 10.2. The van der Waals surface area contributed by atoms with E-state index in [-0.39, 0.29) is 0 Å². The summed E-state index contributed by atoms with van der Waals surface area (Å²) >= 11 is 1.52. The molecule has 6 nitrogen and oxygen atoms in total. The molecule has 7 heteroatoms. The number of carboxylic acid groups (broad SMARTS) is 1. The Balaban J connectivity index is 2.32. The van der Waals surface area contributed by atoms with Crippen molar-refractivity contribution in [2.75, 3.05) is 12.3 Å². The van der Waals surface area contributed by atoms with Crippen LogP contribution in [0.25, 0.3) is 0 Å². The molecule has 1 aromatic rings. The summed E-state index contributed by atoms with van der Waals surface area (Å²) < 4.78 is 1.82. The molecule has 2 N–H and O–H groups in total. The van der Waals surface area contributed by atoms with Gasteiger partial charge in [-0.15, -0.1) is 10.2 Å². The molecule has 0 aliphatic rings. The highest BCUT2D eigenvalue weighted by molar-refractivity contribution is 7.99. The van der Waals surface area contributed by atoms with E-state index in [4.69, 9.17) is 5.11 Å². The zero-order valence-electron chi connectivity index (χ0n) is 10.1. The second-order valence-electron chi connectivity index (χ2n) is 3.71. The van der Waals surface area contributed by atoms with Gasteiger partial charge in [-0.25, -0.2) is 0 Å². The summed E-state index contributed by atoms with van der Waals surface area (Å²) in [6, 6.07) is -0.476. The molecule has 1 heterocycles. The van der Waals surface area contributed by atoms with Crippen molar-refractivity contribution in [3.05, 3.63) is 6.33 Å². The number of hydrogen-bond acceptors (Lipinski definition) is 5. The maximum atomic E-state index is 11.0. The summed E-state index contributed by atoms with van der Waals surface area (Å²) in [5.41, 5.74) is 0. The minimum Gasteiger partial charge on any atom is -0.480 e. The van der Waals surface area contributed by atoms with Crippen LogP contribution >= 0.6 is 11.8 Å². The van der Waals surface area contributed by atoms with Gasteiger partial charge in [0.1, 0.15) is 12.4 Å². The van der Waals surface area contributed by atoms with E-state index in [2.05, 4.69) is 15.5 Å². The lowest BCUT2D eigenvalue weighted by Gasteiger charge is -2.12. The highest BCUT2D eigenvalue weighted by Crippen LogP contribution is 2.15. The van der Waals surface area contributed by atoms with Gasteiger partial charge in [-0.05, 0) is 19.4 Å². The topological polar surface area (TPSA) is 80.0 Å². The Morgan fingerprint density at radius 1 is 1.71 bits per heavy atom. The highest BCUT2D eigenvalue weighted by atomic mass is 32.2. The van der Waals surface area contributed by atoms with Crippen molar-refractivity contribution >= 4 is 17.7 Å². The van der Waals surface area contributed by atoms with Crippen LogP contribution in [0.4, 0.5) is 0 Å². The summed E-state index contributed by atoms with van der Waals surface area (Å²) in [4.78, 5) is 11.0. The van der Waals surface area contributed by atoms with Crippen LogP contribution in [0.2, 0.25) is 0 Å². The van der Waals surface area contributed by atoms with Crippen LogP contribution in [-0.2, 0) is 11.8 Å². The van der Waals surface area contributed by atoms with Crippen molar-refractivity contribution in [3.8, 4) is 0 Å². The molecule has 1 aromatic heterocycles. The van der Waals surface area contributed by atoms with Gasteiger partial charge in [0.15, 0.2) is 5.16 Å². The molecule has 0 spiro atoms. The zero-order valence-corrected chi connectivity index (χ0v) is 10.9. The first-order chi connectivity index (χ1) is 8.15. The first kappa shape index (κ1) is 14.0. The van der Waals surface area contributed by atoms with Crippen molar-refractivity contribution in [3.63, 3.8) is 0 Å². The van der Waals surface area contributed by atoms with Crippen molar-refractivity contribution < 1.29 is 9.90 Å². The Morgan fingerprint density at radius 3 is 3.00 bits per heavy atom. The average molecular weight is 258 g/mol. The molecule has 0 amide bonds. The SMILES string of the molecule is CCCNC(CCSc1nncn1C)C(=O)O. The van der Waals surface area contributed by atoms with Crippen LogP contribution in [-0.4, -0.2) is 44.2 Å². The number of carbonyl (C=O) groups is 1. The van der Waals surface area contributed by atoms with Crippen LogP contribution in [0.5, 0.6) is 0 Å². The molecule has 0 saturated heterocycles. The summed E-state index contributed by atoms with van der Waals surface area (Å²) in [6.07, 6.45) is 3.14.